The number of aldehydes is 1. The predicted octanol–water partition coefficient (Wildman–Crippen LogP) is 15.0. The molecule has 2 aromatic heterocycles. The van der Waals surface area contributed by atoms with E-state index in [2.05, 4.69) is 58.4 Å². The molecule has 0 aliphatic heterocycles. The van der Waals surface area contributed by atoms with E-state index in [0.717, 1.165) is 153 Å². The summed E-state index contributed by atoms with van der Waals surface area (Å²) in [5, 5.41) is 10.7. The van der Waals surface area contributed by atoms with Crippen LogP contribution in [0.4, 0.5) is 13.6 Å². The number of aromatic nitrogens is 4. The number of hydrogen-bond acceptors (Lipinski definition) is 9. The molecule has 452 valence electrons. The van der Waals surface area contributed by atoms with Gasteiger partial charge in [0, 0.05) is 34.4 Å². The summed E-state index contributed by atoms with van der Waals surface area (Å²) in [4.78, 5) is 23.7. The van der Waals surface area contributed by atoms with E-state index in [-0.39, 0.29) is 29.6 Å². The van der Waals surface area contributed by atoms with Crippen LogP contribution in [0.15, 0.2) is 115 Å². The smallest absolute Gasteiger partial charge is 0.424 e. The normalized spacial score (nSPS) is 18.5. The molecule has 84 heavy (non-hydrogen) atoms. The van der Waals surface area contributed by atoms with Crippen LogP contribution in [0.3, 0.4) is 0 Å². The van der Waals surface area contributed by atoms with E-state index in [1.165, 1.54) is 66.5 Å². The predicted molar refractivity (Wildman–Crippen MR) is 329 cm³/mol. The van der Waals surface area contributed by atoms with Gasteiger partial charge in [0.15, 0.2) is 6.29 Å². The summed E-state index contributed by atoms with van der Waals surface area (Å²) in [7, 11) is -7.23. The molecule has 0 bridgehead atoms. The third kappa shape index (κ3) is 17.4. The Morgan fingerprint density at radius 2 is 1.08 bits per heavy atom. The first-order valence-electron chi connectivity index (χ1n) is 30.4. The number of nitrogens with one attached hydrogen (secondary N) is 1. The van der Waals surface area contributed by atoms with Crippen LogP contribution >= 0.6 is 0 Å². The molecule has 0 saturated heterocycles. The Morgan fingerprint density at radius 3 is 1.52 bits per heavy atom. The minimum absolute atomic E-state index is 0.0852. The van der Waals surface area contributed by atoms with Crippen molar-refractivity contribution < 1.29 is 39.9 Å². The van der Waals surface area contributed by atoms with Gasteiger partial charge in [-0.1, -0.05) is 99.2 Å². The standard InChI is InChI=1S/C31H38FN3O2S.C22H21FN2O.C14H27NO4S/c1-23(25-11-6-3-7-12-25)34-38(36,37)22-21-30-29-14-8-13-26(16-15-24-9-4-2-5-10-24)31(29)35(33-30)28-19-17-27(32)18-20-28;23-18-11-13-19(14-12-18)25-22-17(10-9-16-5-2-1-3-6-16)7-4-8-20(22)21(15-26)24-25;1-11(12-9-7-6-8-10-12)15(20(5,17)18)13(16)19-14(2,3)4/h2,4-5,9-10,17-23,25-26,34H,3,6-8,11-16H2,1H3;1-3,5-6,11-15,17H,4,7-10H2;11-12H,6-10H2,1-5H3/b22-21+;;. The highest BCUT2D eigenvalue weighted by Gasteiger charge is 2.37. The topological polar surface area (TPSA) is 163 Å². The summed E-state index contributed by atoms with van der Waals surface area (Å²) in [5.74, 6) is 0.699. The van der Waals surface area contributed by atoms with Gasteiger partial charge in [0.25, 0.3) is 0 Å². The third-order valence-corrected chi connectivity index (χ3v) is 19.5. The summed E-state index contributed by atoms with van der Waals surface area (Å²) in [6.45, 7) is 8.98. The molecule has 1 amide bonds. The molecule has 17 heteroatoms. The lowest BCUT2D eigenvalue weighted by Crippen LogP contribution is -2.48. The number of fused-ring (bicyclic) bond motifs is 2. The lowest BCUT2D eigenvalue weighted by atomic mass is 9.83. The average Bonchev–Trinajstić information content (AvgIpc) is 3.45. The van der Waals surface area contributed by atoms with Crippen molar-refractivity contribution in [3.8, 4) is 11.4 Å². The number of halogens is 2. The Hall–Kier alpha value is -6.30. The molecule has 4 atom stereocenters. The summed E-state index contributed by atoms with van der Waals surface area (Å²) in [6, 6.07) is 33.2. The highest BCUT2D eigenvalue weighted by atomic mass is 32.2. The fourth-order valence-electron chi connectivity index (χ4n) is 12.9. The third-order valence-electron chi connectivity index (χ3n) is 17.1. The van der Waals surface area contributed by atoms with Gasteiger partial charge in [-0.25, -0.2) is 48.8 Å². The number of aryl methyl sites for hydroxylation is 2. The molecule has 4 aliphatic carbocycles. The van der Waals surface area contributed by atoms with Gasteiger partial charge in [0.2, 0.25) is 20.0 Å². The van der Waals surface area contributed by atoms with Gasteiger partial charge >= 0.3 is 6.09 Å². The average molecular weight is 1190 g/mol. The largest absolute Gasteiger partial charge is 0.443 e. The molecule has 2 fully saturated rings. The molecule has 1 N–H and O–H groups in total. The van der Waals surface area contributed by atoms with Crippen LogP contribution in [0.25, 0.3) is 17.5 Å². The van der Waals surface area contributed by atoms with Gasteiger partial charge in [-0.05, 0) is 202 Å². The zero-order chi connectivity index (χ0) is 60.0. The molecule has 6 aromatic rings. The number of sulfonamides is 2. The molecule has 10 rings (SSSR count). The molecule has 4 aliphatic rings. The molecular formula is C67H86F2N6O7S2. The maximum Gasteiger partial charge on any atom is 0.424 e. The number of hydrogen-bond donors (Lipinski definition) is 1. The zero-order valence-electron chi connectivity index (χ0n) is 49.9. The van der Waals surface area contributed by atoms with Crippen molar-refractivity contribution in [2.45, 2.75) is 193 Å². The Balaban J connectivity index is 0.000000174. The number of benzene rings is 4. The second-order valence-electron chi connectivity index (χ2n) is 24.4. The fourth-order valence-corrected chi connectivity index (χ4v) is 15.0. The van der Waals surface area contributed by atoms with Gasteiger partial charge in [0.05, 0.1) is 40.8 Å². The lowest BCUT2D eigenvalue weighted by molar-refractivity contribution is 0.0297. The minimum Gasteiger partial charge on any atom is -0.443 e. The maximum atomic E-state index is 13.7. The van der Waals surface area contributed by atoms with E-state index in [4.69, 9.17) is 9.84 Å². The van der Waals surface area contributed by atoms with Gasteiger partial charge in [0.1, 0.15) is 22.9 Å². The summed E-state index contributed by atoms with van der Waals surface area (Å²) < 4.78 is 89.7. The van der Waals surface area contributed by atoms with Crippen LogP contribution in [0.5, 0.6) is 0 Å². The summed E-state index contributed by atoms with van der Waals surface area (Å²) in [5.41, 5.74) is 9.15. The maximum absolute atomic E-state index is 13.7. The Kier molecular flexibility index (Phi) is 22.1. The van der Waals surface area contributed by atoms with Crippen LogP contribution in [0, 0.1) is 23.5 Å². The van der Waals surface area contributed by atoms with E-state index in [1.807, 2.05) is 28.4 Å². The molecule has 4 aromatic carbocycles. The first-order valence-corrected chi connectivity index (χ1v) is 33.8. The van der Waals surface area contributed by atoms with Crippen LogP contribution in [-0.4, -0.2) is 77.0 Å². The number of ether oxygens (including phenoxy) is 1. The van der Waals surface area contributed by atoms with Crippen molar-refractivity contribution in [1.82, 2.24) is 28.6 Å². The van der Waals surface area contributed by atoms with Gasteiger partial charge < -0.3 is 4.74 Å². The van der Waals surface area contributed by atoms with Crippen molar-refractivity contribution in [2.24, 2.45) is 11.8 Å². The van der Waals surface area contributed by atoms with Gasteiger partial charge in [-0.2, -0.15) is 10.2 Å². The molecular weight excluding hydrogens is 1100 g/mol. The summed E-state index contributed by atoms with van der Waals surface area (Å²) in [6.07, 6.45) is 23.8. The van der Waals surface area contributed by atoms with Crippen LogP contribution in [-0.2, 0) is 50.5 Å². The van der Waals surface area contributed by atoms with Crippen LogP contribution in [0.2, 0.25) is 0 Å². The molecule has 4 unspecified atom stereocenters. The zero-order valence-corrected chi connectivity index (χ0v) is 51.5. The van der Waals surface area contributed by atoms with Crippen molar-refractivity contribution in [3.05, 3.63) is 171 Å². The number of amides is 1. The van der Waals surface area contributed by atoms with E-state index < -0.39 is 31.7 Å². The van der Waals surface area contributed by atoms with Crippen LogP contribution in [0.1, 0.15) is 199 Å². The Bertz CT molecular complexity index is 3350. The van der Waals surface area contributed by atoms with E-state index >= 15 is 0 Å². The summed E-state index contributed by atoms with van der Waals surface area (Å²) >= 11 is 0. The number of rotatable bonds is 17. The quantitative estimate of drug-likeness (QED) is 0.0876. The first-order chi connectivity index (χ1) is 40.2. The van der Waals surface area contributed by atoms with Gasteiger partial charge in [-0.3, -0.25) is 4.79 Å². The van der Waals surface area contributed by atoms with Crippen molar-refractivity contribution >= 4 is 38.5 Å². The second-order valence-corrected chi connectivity index (χ2v) is 27.9. The Labute approximate surface area is 497 Å². The highest BCUT2D eigenvalue weighted by molar-refractivity contribution is 7.92. The van der Waals surface area contributed by atoms with Crippen molar-refractivity contribution in [1.29, 1.82) is 0 Å². The monoisotopic (exact) mass is 1190 g/mol. The molecule has 2 saturated carbocycles. The molecule has 2 heterocycles. The van der Waals surface area contributed by atoms with E-state index in [0.29, 0.717) is 29.1 Å². The second kappa shape index (κ2) is 29.2. The van der Waals surface area contributed by atoms with E-state index in [1.54, 1.807) is 58.0 Å². The fraction of sp³-hybridized carbons (Fsp3) is 0.493. The Morgan fingerprint density at radius 1 is 0.643 bits per heavy atom. The van der Waals surface area contributed by atoms with E-state index in [9.17, 15) is 35.2 Å². The SMILES string of the molecule is CC(C1CCCCC1)N(C(=O)OC(C)(C)C)S(C)(=O)=O.CC(NS(=O)(=O)/C=C/c1nn(-c2ccc(F)cc2)c2c1CCCC2CCc1ccccc1)C1CCCCC1.O=Cc1nn(-c2ccc(F)cc2)c2c1CCCC2CCc1ccccc1. The number of carbonyl (C=O) groups excluding carboxylic acids is 2. The molecule has 13 nitrogen and oxygen atoms in total. The first kappa shape index (κ1) is 63.7. The van der Waals surface area contributed by atoms with Crippen molar-refractivity contribution in [2.75, 3.05) is 6.26 Å². The van der Waals surface area contributed by atoms with Crippen LogP contribution < -0.4 is 4.72 Å². The van der Waals surface area contributed by atoms with Gasteiger partial charge in [-0.15, -0.1) is 0 Å². The minimum atomic E-state index is -3.63. The molecule has 0 radical (unpaired) electrons. The highest BCUT2D eigenvalue weighted by Crippen LogP contribution is 2.40. The lowest BCUT2D eigenvalue weighted by Gasteiger charge is -2.35. The molecule has 0 spiro atoms. The number of nitrogens with zero attached hydrogens (tertiary/aromatic N) is 5. The van der Waals surface area contributed by atoms with Crippen molar-refractivity contribution in [3.63, 3.8) is 0 Å². The number of carbonyl (C=O) groups is 2.